The molecule has 0 spiro atoms. The van der Waals surface area contributed by atoms with E-state index in [1.54, 1.807) is 19.3 Å². The van der Waals surface area contributed by atoms with Gasteiger partial charge >= 0.3 is 5.69 Å². The number of carbonyl (C=O) groups excluding carboxylic acids is 1. The average molecular weight is 415 g/mol. The molecule has 158 valence electrons. The van der Waals surface area contributed by atoms with E-state index in [4.69, 9.17) is 5.73 Å². The van der Waals surface area contributed by atoms with Gasteiger partial charge in [-0.15, -0.1) is 0 Å². The van der Waals surface area contributed by atoms with E-state index in [1.165, 1.54) is 10.1 Å². The van der Waals surface area contributed by atoms with Crippen LogP contribution in [0.2, 0.25) is 0 Å². The largest absolute Gasteiger partial charge is 0.352 e. The van der Waals surface area contributed by atoms with Crippen LogP contribution in [0.25, 0.3) is 22.3 Å². The highest BCUT2D eigenvalue weighted by Crippen LogP contribution is 2.22. The summed E-state index contributed by atoms with van der Waals surface area (Å²) in [5, 5.41) is 2.99. The van der Waals surface area contributed by atoms with Gasteiger partial charge in [-0.1, -0.05) is 36.4 Å². The van der Waals surface area contributed by atoms with Gasteiger partial charge in [-0.25, -0.2) is 9.78 Å². The SMILES string of the molecule is Cn1c(=O)[nH]c2ncc(-c3cccc(C(=O)NCCCc4ccc(CN)cc4)c3)cc21. The Balaban J connectivity index is 1.40. The zero-order valence-corrected chi connectivity index (χ0v) is 17.4. The van der Waals surface area contributed by atoms with Crippen LogP contribution in [0.1, 0.15) is 27.9 Å². The van der Waals surface area contributed by atoms with Crippen LogP contribution in [0, 0.1) is 0 Å². The maximum Gasteiger partial charge on any atom is 0.327 e. The number of benzene rings is 2. The van der Waals surface area contributed by atoms with E-state index in [-0.39, 0.29) is 11.6 Å². The average Bonchev–Trinajstić information content (AvgIpc) is 3.10. The summed E-state index contributed by atoms with van der Waals surface area (Å²) < 4.78 is 1.52. The summed E-state index contributed by atoms with van der Waals surface area (Å²) in [5.74, 6) is -0.108. The number of pyridine rings is 1. The molecule has 31 heavy (non-hydrogen) atoms. The number of nitrogens with two attached hydrogens (primary N) is 1. The highest BCUT2D eigenvalue weighted by atomic mass is 16.2. The van der Waals surface area contributed by atoms with E-state index >= 15 is 0 Å². The number of imidazole rings is 1. The van der Waals surface area contributed by atoms with Crippen LogP contribution in [0.4, 0.5) is 0 Å². The fourth-order valence-corrected chi connectivity index (χ4v) is 3.54. The standard InChI is InChI=1S/C24H25N5O2/c1-29-21-13-20(15-27-22(21)28-24(29)31)18-5-2-6-19(12-18)23(30)26-11-3-4-16-7-9-17(14-25)10-8-16/h2,5-10,12-13,15H,3-4,11,14,25H2,1H3,(H,26,30)(H,27,28,31). The molecule has 0 saturated heterocycles. The minimum Gasteiger partial charge on any atom is -0.352 e. The molecule has 0 bridgehead atoms. The normalized spacial score (nSPS) is 11.0. The molecule has 4 rings (SSSR count). The molecule has 7 heteroatoms. The number of rotatable bonds is 7. The molecule has 2 heterocycles. The van der Waals surface area contributed by atoms with Crippen LogP contribution in [0.3, 0.4) is 0 Å². The first kappa shape index (κ1) is 20.6. The van der Waals surface area contributed by atoms with Gasteiger partial charge in [0.1, 0.15) is 0 Å². The van der Waals surface area contributed by atoms with Gasteiger partial charge in [0.2, 0.25) is 0 Å². The minimum absolute atomic E-state index is 0.108. The molecule has 2 aromatic carbocycles. The van der Waals surface area contributed by atoms with Gasteiger partial charge < -0.3 is 11.1 Å². The van der Waals surface area contributed by atoms with Crippen molar-refractivity contribution in [3.63, 3.8) is 0 Å². The van der Waals surface area contributed by atoms with E-state index < -0.39 is 0 Å². The molecule has 4 N–H and O–H groups in total. The van der Waals surface area contributed by atoms with E-state index in [0.29, 0.717) is 24.3 Å². The Morgan fingerprint density at radius 2 is 1.87 bits per heavy atom. The number of aryl methyl sites for hydroxylation is 2. The highest BCUT2D eigenvalue weighted by molar-refractivity contribution is 5.95. The van der Waals surface area contributed by atoms with Gasteiger partial charge in [-0.05, 0) is 47.7 Å². The number of carbonyl (C=O) groups is 1. The van der Waals surface area contributed by atoms with Gasteiger partial charge in [0.25, 0.3) is 5.91 Å². The van der Waals surface area contributed by atoms with Gasteiger partial charge in [0.05, 0.1) is 5.52 Å². The molecule has 1 amide bonds. The van der Waals surface area contributed by atoms with Crippen molar-refractivity contribution in [3.05, 3.63) is 88.0 Å². The maximum atomic E-state index is 12.6. The van der Waals surface area contributed by atoms with Crippen molar-refractivity contribution in [1.29, 1.82) is 0 Å². The molecule has 0 unspecified atom stereocenters. The van der Waals surface area contributed by atoms with Crippen molar-refractivity contribution in [2.75, 3.05) is 6.54 Å². The summed E-state index contributed by atoms with van der Waals surface area (Å²) in [4.78, 5) is 31.4. The molecule has 4 aromatic rings. The zero-order valence-electron chi connectivity index (χ0n) is 17.4. The third-order valence-electron chi connectivity index (χ3n) is 5.40. The molecule has 0 aliphatic rings. The second kappa shape index (κ2) is 8.97. The van der Waals surface area contributed by atoms with Crippen LogP contribution in [-0.2, 0) is 20.0 Å². The number of hydrogen-bond donors (Lipinski definition) is 3. The third kappa shape index (κ3) is 4.57. The first-order valence-corrected chi connectivity index (χ1v) is 10.3. The molecule has 0 saturated carbocycles. The molecule has 2 aromatic heterocycles. The summed E-state index contributed by atoms with van der Waals surface area (Å²) in [6.07, 6.45) is 3.45. The predicted octanol–water partition coefficient (Wildman–Crippen LogP) is 2.75. The first-order chi connectivity index (χ1) is 15.0. The van der Waals surface area contributed by atoms with Crippen molar-refractivity contribution >= 4 is 17.1 Å². The Labute approximate surface area is 179 Å². The summed E-state index contributed by atoms with van der Waals surface area (Å²) in [6.45, 7) is 1.14. The number of nitrogens with zero attached hydrogens (tertiary/aromatic N) is 2. The Morgan fingerprint density at radius 3 is 2.65 bits per heavy atom. The smallest absolute Gasteiger partial charge is 0.327 e. The lowest BCUT2D eigenvalue weighted by molar-refractivity contribution is 0.0953. The van der Waals surface area contributed by atoms with Crippen LogP contribution in [0.5, 0.6) is 0 Å². The van der Waals surface area contributed by atoms with E-state index in [9.17, 15) is 9.59 Å². The fraction of sp³-hybridized carbons (Fsp3) is 0.208. The van der Waals surface area contributed by atoms with Crippen molar-refractivity contribution in [2.45, 2.75) is 19.4 Å². The number of hydrogen-bond acceptors (Lipinski definition) is 4. The van der Waals surface area contributed by atoms with Gasteiger partial charge in [0.15, 0.2) is 5.65 Å². The van der Waals surface area contributed by atoms with Gasteiger partial charge in [-0.2, -0.15) is 0 Å². The lowest BCUT2D eigenvalue weighted by Crippen LogP contribution is -2.24. The second-order valence-corrected chi connectivity index (χ2v) is 7.54. The number of aromatic nitrogens is 3. The molecule has 0 atom stereocenters. The Morgan fingerprint density at radius 1 is 1.10 bits per heavy atom. The first-order valence-electron chi connectivity index (χ1n) is 10.3. The molecule has 0 aliphatic carbocycles. The molecule has 7 nitrogen and oxygen atoms in total. The van der Waals surface area contributed by atoms with Gasteiger partial charge in [0, 0.05) is 37.5 Å². The third-order valence-corrected chi connectivity index (χ3v) is 5.40. The maximum absolute atomic E-state index is 12.6. The van der Waals surface area contributed by atoms with Crippen molar-refractivity contribution < 1.29 is 4.79 Å². The van der Waals surface area contributed by atoms with Crippen LogP contribution < -0.4 is 16.7 Å². The van der Waals surface area contributed by atoms with Gasteiger partial charge in [-0.3, -0.25) is 14.3 Å². The van der Waals surface area contributed by atoms with E-state index in [1.807, 2.05) is 36.4 Å². The number of fused-ring (bicyclic) bond motifs is 1. The minimum atomic E-state index is -0.205. The monoisotopic (exact) mass is 415 g/mol. The molecule has 0 fully saturated rings. The number of amides is 1. The predicted molar refractivity (Wildman–Crippen MR) is 122 cm³/mol. The van der Waals surface area contributed by atoms with Crippen LogP contribution in [-0.4, -0.2) is 27.0 Å². The molecule has 0 aliphatic heterocycles. The fourth-order valence-electron chi connectivity index (χ4n) is 3.54. The van der Waals surface area contributed by atoms with E-state index in [2.05, 4.69) is 27.4 Å². The van der Waals surface area contributed by atoms with Crippen molar-refractivity contribution in [2.24, 2.45) is 12.8 Å². The number of aromatic amines is 1. The Bertz CT molecular complexity index is 1270. The molecule has 0 radical (unpaired) electrons. The summed E-state index contributed by atoms with van der Waals surface area (Å²) in [6, 6.07) is 17.5. The number of nitrogens with one attached hydrogen (secondary N) is 2. The van der Waals surface area contributed by atoms with Crippen LogP contribution in [0.15, 0.2) is 65.6 Å². The van der Waals surface area contributed by atoms with Crippen molar-refractivity contribution in [1.82, 2.24) is 19.9 Å². The van der Waals surface area contributed by atoms with E-state index in [0.717, 1.165) is 35.0 Å². The zero-order chi connectivity index (χ0) is 21.8. The topological polar surface area (TPSA) is 106 Å². The number of H-pyrrole nitrogens is 1. The molecular weight excluding hydrogens is 390 g/mol. The molecular formula is C24H25N5O2. The summed E-state index contributed by atoms with van der Waals surface area (Å²) >= 11 is 0. The Kier molecular flexibility index (Phi) is 5.95. The lowest BCUT2D eigenvalue weighted by atomic mass is 10.0. The summed E-state index contributed by atoms with van der Waals surface area (Å²) in [7, 11) is 1.70. The Hall–Kier alpha value is -3.71. The van der Waals surface area contributed by atoms with Crippen molar-refractivity contribution in [3.8, 4) is 11.1 Å². The lowest BCUT2D eigenvalue weighted by Gasteiger charge is -2.08. The quantitative estimate of drug-likeness (QED) is 0.404. The highest BCUT2D eigenvalue weighted by Gasteiger charge is 2.10. The second-order valence-electron chi connectivity index (χ2n) is 7.54. The summed E-state index contributed by atoms with van der Waals surface area (Å²) in [5.41, 5.74) is 11.3. The van der Waals surface area contributed by atoms with Crippen LogP contribution >= 0.6 is 0 Å².